The van der Waals surface area contributed by atoms with E-state index in [9.17, 15) is 0 Å². The van der Waals surface area contributed by atoms with Crippen LogP contribution in [0.3, 0.4) is 0 Å². The molecule has 0 amide bonds. The van der Waals surface area contributed by atoms with Crippen LogP contribution in [0.5, 0.6) is 0 Å². The third-order valence-electron chi connectivity index (χ3n) is 3.87. The monoisotopic (exact) mass is 238 g/mol. The molecular weight excluding hydrogens is 220 g/mol. The van der Waals surface area contributed by atoms with E-state index in [2.05, 4.69) is 65.9 Å². The first-order chi connectivity index (χ1) is 8.77. The van der Waals surface area contributed by atoms with Gasteiger partial charge in [-0.05, 0) is 31.9 Å². The SMILES string of the molecule is Cc1cccc2ncn(C(C)C3C=CC=CC3)c12. The van der Waals surface area contributed by atoms with Crippen LogP contribution in [0.2, 0.25) is 0 Å². The summed E-state index contributed by atoms with van der Waals surface area (Å²) in [7, 11) is 0. The van der Waals surface area contributed by atoms with Gasteiger partial charge in [-0.1, -0.05) is 36.4 Å². The Morgan fingerprint density at radius 2 is 2.22 bits per heavy atom. The van der Waals surface area contributed by atoms with Gasteiger partial charge in [-0.15, -0.1) is 0 Å². The van der Waals surface area contributed by atoms with E-state index in [1.165, 1.54) is 11.1 Å². The molecule has 1 heterocycles. The van der Waals surface area contributed by atoms with Crippen LogP contribution in [-0.4, -0.2) is 9.55 Å². The van der Waals surface area contributed by atoms with E-state index in [1.54, 1.807) is 0 Å². The van der Waals surface area contributed by atoms with Gasteiger partial charge in [-0.25, -0.2) is 4.98 Å². The van der Waals surface area contributed by atoms with Gasteiger partial charge in [0, 0.05) is 12.0 Å². The molecule has 0 saturated carbocycles. The molecule has 0 N–H and O–H groups in total. The predicted molar refractivity (Wildman–Crippen MR) is 75.6 cm³/mol. The lowest BCUT2D eigenvalue weighted by Gasteiger charge is -2.23. The fourth-order valence-electron chi connectivity index (χ4n) is 2.74. The summed E-state index contributed by atoms with van der Waals surface area (Å²) in [4.78, 5) is 4.52. The molecule has 0 spiro atoms. The lowest BCUT2D eigenvalue weighted by atomic mass is 9.93. The Kier molecular flexibility index (Phi) is 2.78. The van der Waals surface area contributed by atoms with E-state index in [-0.39, 0.29) is 0 Å². The Morgan fingerprint density at radius 3 is 3.00 bits per heavy atom. The van der Waals surface area contributed by atoms with Crippen molar-refractivity contribution in [2.45, 2.75) is 26.3 Å². The van der Waals surface area contributed by atoms with Crippen molar-refractivity contribution >= 4 is 11.0 Å². The van der Waals surface area contributed by atoms with Crippen molar-refractivity contribution < 1.29 is 0 Å². The van der Waals surface area contributed by atoms with Crippen LogP contribution in [0.15, 0.2) is 48.8 Å². The van der Waals surface area contributed by atoms with Gasteiger partial charge < -0.3 is 4.57 Å². The minimum Gasteiger partial charge on any atom is -0.327 e. The number of aromatic nitrogens is 2. The van der Waals surface area contributed by atoms with Crippen molar-refractivity contribution in [2.24, 2.45) is 5.92 Å². The van der Waals surface area contributed by atoms with E-state index < -0.39 is 0 Å². The quantitative estimate of drug-likeness (QED) is 0.772. The number of allylic oxidation sites excluding steroid dienone is 4. The molecule has 1 aliphatic rings. The summed E-state index contributed by atoms with van der Waals surface area (Å²) in [5.74, 6) is 0.562. The zero-order valence-electron chi connectivity index (χ0n) is 10.9. The Balaban J connectivity index is 2.04. The molecule has 0 radical (unpaired) electrons. The molecule has 0 aliphatic heterocycles. The van der Waals surface area contributed by atoms with Crippen LogP contribution in [-0.2, 0) is 0 Å². The van der Waals surface area contributed by atoms with Crippen molar-refractivity contribution in [3.05, 3.63) is 54.4 Å². The Hall–Kier alpha value is -1.83. The lowest BCUT2D eigenvalue weighted by molar-refractivity contribution is 0.425. The number of aryl methyl sites for hydroxylation is 1. The molecule has 18 heavy (non-hydrogen) atoms. The van der Waals surface area contributed by atoms with Gasteiger partial charge in [0.15, 0.2) is 0 Å². The maximum atomic E-state index is 4.52. The smallest absolute Gasteiger partial charge is 0.0961 e. The predicted octanol–water partition coefficient (Wildman–Crippen LogP) is 4.04. The fourth-order valence-corrected chi connectivity index (χ4v) is 2.74. The summed E-state index contributed by atoms with van der Waals surface area (Å²) in [5, 5.41) is 0. The maximum absolute atomic E-state index is 4.52. The van der Waals surface area contributed by atoms with Gasteiger partial charge in [-0.3, -0.25) is 0 Å². The van der Waals surface area contributed by atoms with E-state index in [0.717, 1.165) is 11.9 Å². The first kappa shape index (κ1) is 11.3. The maximum Gasteiger partial charge on any atom is 0.0961 e. The minimum absolute atomic E-state index is 0.442. The van der Waals surface area contributed by atoms with Crippen LogP contribution in [0.25, 0.3) is 11.0 Å². The first-order valence-electron chi connectivity index (χ1n) is 6.53. The normalized spacial score (nSPS) is 20.4. The van der Waals surface area contributed by atoms with Gasteiger partial charge in [0.25, 0.3) is 0 Å². The van der Waals surface area contributed by atoms with Crippen molar-refractivity contribution in [3.8, 4) is 0 Å². The van der Waals surface area contributed by atoms with E-state index in [4.69, 9.17) is 0 Å². The van der Waals surface area contributed by atoms with Crippen LogP contribution in [0.1, 0.15) is 24.9 Å². The first-order valence-corrected chi connectivity index (χ1v) is 6.53. The van der Waals surface area contributed by atoms with Gasteiger partial charge in [0.05, 0.1) is 17.4 Å². The third kappa shape index (κ3) is 1.78. The van der Waals surface area contributed by atoms with Gasteiger partial charge >= 0.3 is 0 Å². The molecule has 0 saturated heterocycles. The van der Waals surface area contributed by atoms with Gasteiger partial charge in [0.2, 0.25) is 0 Å². The molecule has 0 bridgehead atoms. The second kappa shape index (κ2) is 4.45. The fraction of sp³-hybridized carbons (Fsp3) is 0.312. The second-order valence-corrected chi connectivity index (χ2v) is 5.05. The number of imidazole rings is 1. The van der Waals surface area contributed by atoms with Crippen LogP contribution >= 0.6 is 0 Å². The number of benzene rings is 1. The summed E-state index contributed by atoms with van der Waals surface area (Å²) in [5.41, 5.74) is 3.66. The molecule has 0 fully saturated rings. The number of hydrogen-bond donors (Lipinski definition) is 0. The molecule has 3 rings (SSSR count). The molecular formula is C16H18N2. The molecule has 2 aromatic rings. The molecule has 2 unspecified atom stereocenters. The summed E-state index contributed by atoms with van der Waals surface area (Å²) < 4.78 is 2.32. The van der Waals surface area contributed by atoms with E-state index >= 15 is 0 Å². The van der Waals surface area contributed by atoms with Crippen molar-refractivity contribution in [2.75, 3.05) is 0 Å². The Morgan fingerprint density at radius 1 is 1.33 bits per heavy atom. The largest absolute Gasteiger partial charge is 0.327 e. The summed E-state index contributed by atoms with van der Waals surface area (Å²) in [6.07, 6.45) is 11.9. The molecule has 92 valence electrons. The summed E-state index contributed by atoms with van der Waals surface area (Å²) in [6.45, 7) is 4.44. The summed E-state index contributed by atoms with van der Waals surface area (Å²) in [6, 6.07) is 6.76. The number of rotatable bonds is 2. The summed E-state index contributed by atoms with van der Waals surface area (Å²) >= 11 is 0. The zero-order valence-corrected chi connectivity index (χ0v) is 10.9. The second-order valence-electron chi connectivity index (χ2n) is 5.05. The molecule has 1 aliphatic carbocycles. The van der Waals surface area contributed by atoms with E-state index in [0.29, 0.717) is 12.0 Å². The highest BCUT2D eigenvalue weighted by molar-refractivity contribution is 5.78. The van der Waals surface area contributed by atoms with E-state index in [1.807, 2.05) is 6.33 Å². The van der Waals surface area contributed by atoms with Gasteiger partial charge in [-0.2, -0.15) is 0 Å². The highest BCUT2D eigenvalue weighted by Gasteiger charge is 2.18. The Labute approximate surface area is 108 Å². The number of hydrogen-bond acceptors (Lipinski definition) is 1. The number of fused-ring (bicyclic) bond motifs is 1. The number of nitrogens with zero attached hydrogens (tertiary/aromatic N) is 2. The van der Waals surface area contributed by atoms with Gasteiger partial charge in [0.1, 0.15) is 0 Å². The minimum atomic E-state index is 0.442. The van der Waals surface area contributed by atoms with Crippen LogP contribution in [0, 0.1) is 12.8 Å². The average molecular weight is 238 g/mol. The molecule has 2 atom stereocenters. The zero-order chi connectivity index (χ0) is 12.5. The standard InChI is InChI=1S/C16H18N2/c1-12-7-6-10-15-16(12)18(11-17-15)13(2)14-8-4-3-5-9-14/h3-8,10-11,13-14H,9H2,1-2H3. The van der Waals surface area contributed by atoms with Crippen molar-refractivity contribution in [1.82, 2.24) is 9.55 Å². The average Bonchev–Trinajstić information content (AvgIpc) is 2.84. The topological polar surface area (TPSA) is 17.8 Å². The highest BCUT2D eigenvalue weighted by atomic mass is 15.1. The molecule has 2 heteroatoms. The van der Waals surface area contributed by atoms with Crippen LogP contribution in [0.4, 0.5) is 0 Å². The Bertz CT molecular complexity index is 619. The van der Waals surface area contributed by atoms with Crippen molar-refractivity contribution in [1.29, 1.82) is 0 Å². The third-order valence-corrected chi connectivity index (χ3v) is 3.87. The van der Waals surface area contributed by atoms with Crippen molar-refractivity contribution in [3.63, 3.8) is 0 Å². The number of para-hydroxylation sites is 1. The molecule has 2 nitrogen and oxygen atoms in total. The lowest BCUT2D eigenvalue weighted by Crippen LogP contribution is -2.15. The van der Waals surface area contributed by atoms with Crippen LogP contribution < -0.4 is 0 Å². The molecule has 1 aromatic heterocycles. The molecule has 1 aromatic carbocycles. The highest BCUT2D eigenvalue weighted by Crippen LogP contribution is 2.29.